The molecule has 0 bridgehead atoms. The first-order valence-corrected chi connectivity index (χ1v) is 10.9. The van der Waals surface area contributed by atoms with Gasteiger partial charge < -0.3 is 9.73 Å². The van der Waals surface area contributed by atoms with Crippen LogP contribution >= 0.6 is 11.8 Å². The maximum Gasteiger partial charge on any atom is 0.256 e. The van der Waals surface area contributed by atoms with Crippen molar-refractivity contribution in [3.05, 3.63) is 53.7 Å². The van der Waals surface area contributed by atoms with E-state index in [1.807, 2.05) is 56.8 Å². The van der Waals surface area contributed by atoms with Gasteiger partial charge in [0.25, 0.3) is 5.91 Å². The topological polar surface area (TPSA) is 85.8 Å². The van der Waals surface area contributed by atoms with Gasteiger partial charge in [-0.3, -0.25) is 4.79 Å². The van der Waals surface area contributed by atoms with Crippen LogP contribution in [0.4, 0.5) is 5.69 Å². The minimum atomic E-state index is -0.233. The maximum absolute atomic E-state index is 13.2. The number of hydrogen-bond donors (Lipinski definition) is 1. The zero-order chi connectivity index (χ0) is 21.4. The number of pyridine rings is 2. The van der Waals surface area contributed by atoms with E-state index >= 15 is 0 Å². The number of aryl methyl sites for hydroxylation is 2. The van der Waals surface area contributed by atoms with E-state index in [1.54, 1.807) is 30.2 Å². The van der Waals surface area contributed by atoms with Crippen molar-refractivity contribution in [2.75, 3.05) is 11.6 Å². The second kappa shape index (κ2) is 7.95. The summed E-state index contributed by atoms with van der Waals surface area (Å²) < 4.78 is 7.51. The summed E-state index contributed by atoms with van der Waals surface area (Å²) in [7, 11) is 0. The SMILES string of the molecule is CSc1ccc(NC(=O)c2cc(-c3cc(C)oc3C)nc3c2cnn3C(C)C)cn1. The molecule has 0 unspecified atom stereocenters. The quantitative estimate of drug-likeness (QED) is 0.443. The van der Waals surface area contributed by atoms with Crippen LogP contribution in [0.15, 0.2) is 46.1 Å². The molecular weight excluding hydrogens is 398 g/mol. The average molecular weight is 422 g/mol. The lowest BCUT2D eigenvalue weighted by Gasteiger charge is -2.11. The monoisotopic (exact) mass is 421 g/mol. The van der Waals surface area contributed by atoms with Gasteiger partial charge in [0.15, 0.2) is 5.65 Å². The number of thioether (sulfide) groups is 1. The van der Waals surface area contributed by atoms with E-state index in [-0.39, 0.29) is 11.9 Å². The van der Waals surface area contributed by atoms with Crippen LogP contribution in [-0.4, -0.2) is 31.9 Å². The molecule has 0 aromatic carbocycles. The van der Waals surface area contributed by atoms with Crippen LogP contribution in [-0.2, 0) is 0 Å². The second-order valence-electron chi connectivity index (χ2n) is 7.35. The van der Waals surface area contributed by atoms with Crippen molar-refractivity contribution >= 4 is 34.4 Å². The van der Waals surface area contributed by atoms with E-state index < -0.39 is 0 Å². The van der Waals surface area contributed by atoms with E-state index in [4.69, 9.17) is 9.40 Å². The molecule has 0 aliphatic heterocycles. The van der Waals surface area contributed by atoms with Crippen molar-refractivity contribution in [1.29, 1.82) is 0 Å². The molecule has 0 saturated heterocycles. The van der Waals surface area contributed by atoms with E-state index in [0.717, 1.165) is 22.1 Å². The summed E-state index contributed by atoms with van der Waals surface area (Å²) in [6.45, 7) is 7.86. The Morgan fingerprint density at radius 3 is 2.60 bits per heavy atom. The molecule has 0 aliphatic rings. The highest BCUT2D eigenvalue weighted by Crippen LogP contribution is 2.30. The van der Waals surface area contributed by atoms with Crippen molar-refractivity contribution in [3.63, 3.8) is 0 Å². The number of carbonyl (C=O) groups excluding carboxylic acids is 1. The summed E-state index contributed by atoms with van der Waals surface area (Å²) in [6, 6.07) is 7.56. The number of amides is 1. The Balaban J connectivity index is 1.82. The van der Waals surface area contributed by atoms with Crippen LogP contribution in [0.3, 0.4) is 0 Å². The molecule has 154 valence electrons. The largest absolute Gasteiger partial charge is 0.466 e. The van der Waals surface area contributed by atoms with Crippen LogP contribution in [0, 0.1) is 13.8 Å². The van der Waals surface area contributed by atoms with Gasteiger partial charge in [0, 0.05) is 11.6 Å². The van der Waals surface area contributed by atoms with Gasteiger partial charge in [-0.1, -0.05) is 0 Å². The summed E-state index contributed by atoms with van der Waals surface area (Å²) in [5.41, 5.74) is 3.36. The fourth-order valence-corrected chi connectivity index (χ4v) is 3.74. The van der Waals surface area contributed by atoms with Crippen molar-refractivity contribution in [2.45, 2.75) is 38.8 Å². The van der Waals surface area contributed by atoms with Gasteiger partial charge in [-0.2, -0.15) is 5.10 Å². The summed E-state index contributed by atoms with van der Waals surface area (Å²) >= 11 is 1.55. The van der Waals surface area contributed by atoms with E-state index in [9.17, 15) is 4.79 Å². The molecule has 4 heterocycles. The fourth-order valence-electron chi connectivity index (χ4n) is 3.38. The highest BCUT2D eigenvalue weighted by atomic mass is 32.2. The third-order valence-electron chi connectivity index (χ3n) is 4.82. The van der Waals surface area contributed by atoms with Crippen molar-refractivity contribution in [1.82, 2.24) is 19.7 Å². The lowest BCUT2D eigenvalue weighted by molar-refractivity contribution is 0.102. The number of carbonyl (C=O) groups is 1. The van der Waals surface area contributed by atoms with Gasteiger partial charge in [-0.05, 0) is 58.2 Å². The van der Waals surface area contributed by atoms with E-state index in [2.05, 4.69) is 15.4 Å². The van der Waals surface area contributed by atoms with Gasteiger partial charge in [-0.25, -0.2) is 14.6 Å². The number of fused-ring (bicyclic) bond motifs is 1. The van der Waals surface area contributed by atoms with Gasteiger partial charge >= 0.3 is 0 Å². The van der Waals surface area contributed by atoms with E-state index in [1.165, 1.54) is 0 Å². The molecule has 4 aromatic rings. The van der Waals surface area contributed by atoms with Gasteiger partial charge in [0.1, 0.15) is 11.5 Å². The molecule has 0 saturated carbocycles. The predicted octanol–water partition coefficient (Wildman–Crippen LogP) is 5.26. The molecule has 8 heteroatoms. The summed E-state index contributed by atoms with van der Waals surface area (Å²) in [4.78, 5) is 22.3. The minimum Gasteiger partial charge on any atom is -0.466 e. The Morgan fingerprint density at radius 1 is 1.20 bits per heavy atom. The van der Waals surface area contributed by atoms with Crippen LogP contribution in [0.1, 0.15) is 41.8 Å². The Kier molecular flexibility index (Phi) is 5.34. The number of aromatic nitrogens is 4. The van der Waals surface area contributed by atoms with E-state index in [0.29, 0.717) is 28.0 Å². The van der Waals surface area contributed by atoms with Crippen LogP contribution in [0.5, 0.6) is 0 Å². The van der Waals surface area contributed by atoms with Gasteiger partial charge in [0.05, 0.1) is 39.8 Å². The number of rotatable bonds is 5. The van der Waals surface area contributed by atoms with Gasteiger partial charge in [-0.15, -0.1) is 11.8 Å². The van der Waals surface area contributed by atoms with Crippen LogP contribution < -0.4 is 5.32 Å². The zero-order valence-electron chi connectivity index (χ0n) is 17.6. The van der Waals surface area contributed by atoms with Crippen LogP contribution in [0.2, 0.25) is 0 Å². The highest BCUT2D eigenvalue weighted by Gasteiger charge is 2.20. The number of furan rings is 1. The molecule has 7 nitrogen and oxygen atoms in total. The maximum atomic E-state index is 13.2. The average Bonchev–Trinajstić information content (AvgIpc) is 3.30. The molecule has 0 spiro atoms. The molecular formula is C22H23N5O2S. The molecule has 0 aliphatic carbocycles. The smallest absolute Gasteiger partial charge is 0.256 e. The molecule has 0 fully saturated rings. The lowest BCUT2D eigenvalue weighted by Crippen LogP contribution is -2.13. The van der Waals surface area contributed by atoms with Crippen LogP contribution in [0.25, 0.3) is 22.3 Å². The summed E-state index contributed by atoms with van der Waals surface area (Å²) in [5, 5.41) is 9.00. The third-order valence-corrected chi connectivity index (χ3v) is 5.48. The number of nitrogens with one attached hydrogen (secondary N) is 1. The molecule has 1 amide bonds. The van der Waals surface area contributed by atoms with Crippen molar-refractivity contribution in [3.8, 4) is 11.3 Å². The Bertz CT molecular complexity index is 1220. The lowest BCUT2D eigenvalue weighted by atomic mass is 10.1. The Labute approximate surface area is 178 Å². The first-order chi connectivity index (χ1) is 14.4. The molecule has 4 rings (SSSR count). The second-order valence-corrected chi connectivity index (χ2v) is 8.17. The molecule has 30 heavy (non-hydrogen) atoms. The minimum absolute atomic E-state index is 0.108. The molecule has 1 N–H and O–H groups in total. The zero-order valence-corrected chi connectivity index (χ0v) is 18.4. The summed E-state index contributed by atoms with van der Waals surface area (Å²) in [6.07, 6.45) is 5.31. The number of hydrogen-bond acceptors (Lipinski definition) is 6. The Hall–Kier alpha value is -3.13. The summed E-state index contributed by atoms with van der Waals surface area (Å²) in [5.74, 6) is 1.33. The molecule has 4 aromatic heterocycles. The van der Waals surface area contributed by atoms with Crippen molar-refractivity contribution < 1.29 is 9.21 Å². The normalized spacial score (nSPS) is 11.4. The third kappa shape index (κ3) is 3.70. The Morgan fingerprint density at radius 2 is 2.00 bits per heavy atom. The van der Waals surface area contributed by atoms with Crippen molar-refractivity contribution in [2.24, 2.45) is 0 Å². The standard InChI is InChI=1S/C22H23N5O2S/c1-12(2)27-21-18(11-24-27)17(9-19(26-21)16-8-13(3)29-14(16)4)22(28)25-15-6-7-20(30-5)23-10-15/h6-12H,1-5H3,(H,25,28). The van der Waals surface area contributed by atoms with Gasteiger partial charge in [0.2, 0.25) is 0 Å². The predicted molar refractivity (Wildman–Crippen MR) is 119 cm³/mol. The number of anilines is 1. The number of nitrogens with zero attached hydrogens (tertiary/aromatic N) is 4. The first-order valence-electron chi connectivity index (χ1n) is 9.64. The molecule has 0 radical (unpaired) electrons. The first kappa shape index (κ1) is 20.2. The highest BCUT2D eigenvalue weighted by molar-refractivity contribution is 7.98. The fraction of sp³-hybridized carbons (Fsp3) is 0.273. The molecule has 0 atom stereocenters.